The third kappa shape index (κ3) is 4.36. The van der Waals surface area contributed by atoms with E-state index in [0.717, 1.165) is 36.5 Å². The first kappa shape index (κ1) is 22.2. The minimum atomic E-state index is -4.90. The van der Waals surface area contributed by atoms with Crippen LogP contribution in [0.3, 0.4) is 0 Å². The molecule has 0 bridgehead atoms. The highest BCUT2D eigenvalue weighted by molar-refractivity contribution is 6.08. The molecular formula is C21H11F7N4O. The van der Waals surface area contributed by atoms with Crippen molar-refractivity contribution in [2.75, 3.05) is 5.32 Å². The van der Waals surface area contributed by atoms with Crippen LogP contribution >= 0.6 is 0 Å². The zero-order valence-corrected chi connectivity index (χ0v) is 16.2. The van der Waals surface area contributed by atoms with Gasteiger partial charge in [-0.3, -0.25) is 4.79 Å². The van der Waals surface area contributed by atoms with E-state index in [1.165, 1.54) is 18.2 Å². The van der Waals surface area contributed by atoms with Gasteiger partial charge in [-0.15, -0.1) is 0 Å². The Bertz CT molecular complexity index is 1340. The first-order valence-electron chi connectivity index (χ1n) is 9.14. The number of nitrogens with one attached hydrogen (secondary N) is 1. The lowest BCUT2D eigenvalue weighted by Gasteiger charge is -2.14. The molecule has 33 heavy (non-hydrogen) atoms. The van der Waals surface area contributed by atoms with E-state index in [2.05, 4.69) is 15.4 Å². The summed E-state index contributed by atoms with van der Waals surface area (Å²) in [5, 5.41) is 5.61. The quantitative estimate of drug-likeness (QED) is 0.385. The summed E-state index contributed by atoms with van der Waals surface area (Å²) in [7, 11) is 0. The predicted octanol–water partition coefficient (Wildman–Crippen LogP) is 5.83. The number of rotatable bonds is 3. The van der Waals surface area contributed by atoms with Crippen LogP contribution in [0, 0.1) is 5.82 Å². The second-order valence-electron chi connectivity index (χ2n) is 6.82. The lowest BCUT2D eigenvalue weighted by Crippen LogP contribution is -2.17. The Morgan fingerprint density at radius 2 is 1.58 bits per heavy atom. The maximum Gasteiger partial charge on any atom is 0.433 e. The number of aromatic nitrogens is 3. The van der Waals surface area contributed by atoms with E-state index >= 15 is 0 Å². The summed E-state index contributed by atoms with van der Waals surface area (Å²) in [5.41, 5.74) is -4.13. The predicted molar refractivity (Wildman–Crippen MR) is 103 cm³/mol. The first-order chi connectivity index (χ1) is 15.4. The molecule has 2 heterocycles. The van der Waals surface area contributed by atoms with Gasteiger partial charge in [-0.1, -0.05) is 12.1 Å². The molecule has 0 aliphatic carbocycles. The van der Waals surface area contributed by atoms with Crippen LogP contribution in [0.15, 0.2) is 60.8 Å². The van der Waals surface area contributed by atoms with Gasteiger partial charge >= 0.3 is 12.4 Å². The van der Waals surface area contributed by atoms with Crippen molar-refractivity contribution in [3.8, 4) is 11.3 Å². The highest BCUT2D eigenvalue weighted by atomic mass is 19.4. The molecular weight excluding hydrogens is 457 g/mol. The van der Waals surface area contributed by atoms with E-state index in [1.54, 1.807) is 0 Å². The summed E-state index contributed by atoms with van der Waals surface area (Å²) in [4.78, 5) is 16.8. The van der Waals surface area contributed by atoms with Crippen LogP contribution in [0.4, 0.5) is 36.4 Å². The summed E-state index contributed by atoms with van der Waals surface area (Å²) in [6.45, 7) is 0. The van der Waals surface area contributed by atoms with Crippen molar-refractivity contribution >= 4 is 17.2 Å². The lowest BCUT2D eigenvalue weighted by molar-refractivity contribution is -0.142. The number of nitrogens with zero attached hydrogens (tertiary/aromatic N) is 3. The Morgan fingerprint density at radius 3 is 2.21 bits per heavy atom. The summed E-state index contributed by atoms with van der Waals surface area (Å²) < 4.78 is 94.2. The van der Waals surface area contributed by atoms with E-state index in [0.29, 0.717) is 10.6 Å². The summed E-state index contributed by atoms with van der Waals surface area (Å²) in [6.07, 6.45) is -8.90. The monoisotopic (exact) mass is 468 g/mol. The largest absolute Gasteiger partial charge is 0.433 e. The number of carbonyl (C=O) groups is 1. The molecule has 0 fully saturated rings. The molecule has 0 atom stereocenters. The van der Waals surface area contributed by atoms with E-state index in [4.69, 9.17) is 0 Å². The number of carbonyl (C=O) groups excluding carboxylic acids is 1. The van der Waals surface area contributed by atoms with Gasteiger partial charge < -0.3 is 5.32 Å². The van der Waals surface area contributed by atoms with Gasteiger partial charge in [-0.05, 0) is 42.5 Å². The van der Waals surface area contributed by atoms with Crippen LogP contribution in [-0.4, -0.2) is 20.5 Å². The molecule has 12 heteroatoms. The summed E-state index contributed by atoms with van der Waals surface area (Å²) >= 11 is 0. The second kappa shape index (κ2) is 7.87. The molecule has 0 spiro atoms. The van der Waals surface area contributed by atoms with Crippen molar-refractivity contribution < 1.29 is 35.5 Å². The van der Waals surface area contributed by atoms with Crippen molar-refractivity contribution in [2.24, 2.45) is 0 Å². The van der Waals surface area contributed by atoms with E-state index in [1.807, 2.05) is 0 Å². The lowest BCUT2D eigenvalue weighted by atomic mass is 10.1. The highest BCUT2D eigenvalue weighted by Gasteiger charge is 2.37. The Hall–Kier alpha value is -3.96. The average molecular weight is 468 g/mol. The average Bonchev–Trinajstić information content (AvgIpc) is 3.16. The van der Waals surface area contributed by atoms with Crippen LogP contribution < -0.4 is 5.32 Å². The number of fused-ring (bicyclic) bond motifs is 1. The van der Waals surface area contributed by atoms with Crippen LogP contribution in [-0.2, 0) is 12.4 Å². The Balaban J connectivity index is 1.83. The summed E-state index contributed by atoms with van der Waals surface area (Å²) in [5.74, 6) is -1.76. The normalized spacial score (nSPS) is 12.2. The zero-order chi connectivity index (χ0) is 24.0. The van der Waals surface area contributed by atoms with Gasteiger partial charge in [0, 0.05) is 5.56 Å². The molecule has 0 saturated heterocycles. The van der Waals surface area contributed by atoms with Crippen LogP contribution in [0.1, 0.15) is 21.6 Å². The maximum atomic E-state index is 13.6. The topological polar surface area (TPSA) is 59.3 Å². The van der Waals surface area contributed by atoms with Crippen LogP contribution in [0.2, 0.25) is 0 Å². The molecule has 4 rings (SSSR count). The first-order valence-corrected chi connectivity index (χ1v) is 9.14. The minimum Gasteiger partial charge on any atom is -0.321 e. The van der Waals surface area contributed by atoms with Crippen molar-refractivity contribution in [3.05, 3.63) is 83.4 Å². The van der Waals surface area contributed by atoms with Crippen molar-refractivity contribution in [1.82, 2.24) is 14.6 Å². The molecule has 170 valence electrons. The van der Waals surface area contributed by atoms with Crippen molar-refractivity contribution in [3.63, 3.8) is 0 Å². The number of amides is 1. The molecule has 0 radical (unpaired) electrons. The number of halogens is 7. The van der Waals surface area contributed by atoms with Crippen LogP contribution in [0.25, 0.3) is 16.9 Å². The van der Waals surface area contributed by atoms with E-state index in [9.17, 15) is 35.5 Å². The number of para-hydroxylation sites is 1. The standard InChI is InChI=1S/C21H11F7N4O/c22-12-7-5-11(6-8-12)16-9-17(21(26,27)28)32-18(30-16)13(10-29-32)19(33)31-15-4-2-1-3-14(15)20(23,24)25/h1-10H,(H,31,33). The van der Waals surface area contributed by atoms with E-state index < -0.39 is 52.2 Å². The Morgan fingerprint density at radius 1 is 0.909 bits per heavy atom. The molecule has 0 aliphatic heterocycles. The highest BCUT2D eigenvalue weighted by Crippen LogP contribution is 2.36. The number of alkyl halides is 6. The fraction of sp³-hybridized carbons (Fsp3) is 0.0952. The van der Waals surface area contributed by atoms with Gasteiger partial charge in [0.1, 0.15) is 11.4 Å². The molecule has 0 saturated carbocycles. The molecule has 0 aliphatic rings. The third-order valence-corrected chi connectivity index (χ3v) is 4.63. The van der Waals surface area contributed by atoms with Crippen LogP contribution in [0.5, 0.6) is 0 Å². The SMILES string of the molecule is O=C(Nc1ccccc1C(F)(F)F)c1cnn2c(C(F)(F)F)cc(-c3ccc(F)cc3)nc12. The van der Waals surface area contributed by atoms with Gasteiger partial charge in [0.15, 0.2) is 11.3 Å². The zero-order valence-electron chi connectivity index (χ0n) is 16.2. The molecule has 5 nitrogen and oxygen atoms in total. The van der Waals surface area contributed by atoms with E-state index in [-0.39, 0.29) is 11.3 Å². The van der Waals surface area contributed by atoms with Gasteiger partial charge in [0.25, 0.3) is 5.91 Å². The summed E-state index contributed by atoms with van der Waals surface area (Å²) in [6, 6.07) is 9.25. The third-order valence-electron chi connectivity index (χ3n) is 4.63. The van der Waals surface area contributed by atoms with Gasteiger partial charge in [0.05, 0.1) is 23.1 Å². The Kier molecular flexibility index (Phi) is 5.30. The smallest absolute Gasteiger partial charge is 0.321 e. The second-order valence-corrected chi connectivity index (χ2v) is 6.82. The minimum absolute atomic E-state index is 0.124. The van der Waals surface area contributed by atoms with Gasteiger partial charge in [0.2, 0.25) is 0 Å². The Labute approximate surface area is 180 Å². The number of hydrogen-bond acceptors (Lipinski definition) is 3. The maximum absolute atomic E-state index is 13.6. The van der Waals surface area contributed by atoms with Gasteiger partial charge in [-0.25, -0.2) is 13.9 Å². The molecule has 2 aromatic heterocycles. The number of benzene rings is 2. The number of anilines is 1. The van der Waals surface area contributed by atoms with Gasteiger partial charge in [-0.2, -0.15) is 31.4 Å². The number of hydrogen-bond donors (Lipinski definition) is 1. The molecule has 0 unspecified atom stereocenters. The fourth-order valence-electron chi connectivity index (χ4n) is 3.12. The molecule has 1 amide bonds. The fourth-order valence-corrected chi connectivity index (χ4v) is 3.12. The van der Waals surface area contributed by atoms with Crippen molar-refractivity contribution in [1.29, 1.82) is 0 Å². The molecule has 1 N–H and O–H groups in total. The molecule has 2 aromatic carbocycles. The molecule has 4 aromatic rings. The van der Waals surface area contributed by atoms with Crippen molar-refractivity contribution in [2.45, 2.75) is 12.4 Å².